The minimum atomic E-state index is -2.74. The Morgan fingerprint density at radius 1 is 1.36 bits per heavy atom. The van der Waals surface area contributed by atoms with Gasteiger partial charge in [0, 0.05) is 43.8 Å². The summed E-state index contributed by atoms with van der Waals surface area (Å²) in [6.45, 7) is 1.21. The molecule has 152 valence electrons. The third-order valence-corrected chi connectivity index (χ3v) is 6.16. The Balaban J connectivity index is 1.56. The van der Waals surface area contributed by atoms with Crippen molar-refractivity contribution >= 4 is 23.0 Å². The highest BCUT2D eigenvalue weighted by atomic mass is 35.5. The predicted molar refractivity (Wildman–Crippen MR) is 101 cm³/mol. The Bertz CT molecular complexity index is 883. The van der Waals surface area contributed by atoms with Crippen molar-refractivity contribution in [2.75, 3.05) is 19.8 Å². The molecule has 28 heavy (non-hydrogen) atoms. The van der Waals surface area contributed by atoms with Gasteiger partial charge in [0.1, 0.15) is 0 Å². The number of nitrogens with one attached hydrogen (secondary N) is 1. The van der Waals surface area contributed by atoms with Crippen LogP contribution in [0.4, 0.5) is 8.78 Å². The normalized spacial score (nSPS) is 23.8. The lowest BCUT2D eigenvalue weighted by molar-refractivity contribution is -0.101. The molecule has 1 unspecified atom stereocenters. The first kappa shape index (κ1) is 19.6. The van der Waals surface area contributed by atoms with Gasteiger partial charge >= 0.3 is 0 Å². The molecule has 8 heteroatoms. The van der Waals surface area contributed by atoms with Crippen LogP contribution in [0.15, 0.2) is 24.4 Å². The molecule has 1 aliphatic carbocycles. The highest BCUT2D eigenvalue weighted by molar-refractivity contribution is 6.34. The van der Waals surface area contributed by atoms with E-state index in [1.54, 1.807) is 6.07 Å². The largest absolute Gasteiger partial charge is 0.388 e. The number of ether oxygens (including phenoxy) is 1. The molecule has 1 atom stereocenters. The van der Waals surface area contributed by atoms with Gasteiger partial charge in [0.05, 0.1) is 28.3 Å². The molecule has 0 spiro atoms. The van der Waals surface area contributed by atoms with Crippen LogP contribution >= 0.6 is 11.6 Å². The number of fused-ring (bicyclic) bond motifs is 1. The predicted octanol–water partition coefficient (Wildman–Crippen LogP) is 3.77. The van der Waals surface area contributed by atoms with Crippen molar-refractivity contribution < 1.29 is 23.4 Å². The van der Waals surface area contributed by atoms with E-state index in [4.69, 9.17) is 16.3 Å². The van der Waals surface area contributed by atoms with Crippen LogP contribution in [0, 0.1) is 0 Å². The van der Waals surface area contributed by atoms with Crippen molar-refractivity contribution in [2.24, 2.45) is 0 Å². The Morgan fingerprint density at radius 3 is 2.79 bits per heavy atom. The fourth-order valence-corrected chi connectivity index (χ4v) is 4.36. The first-order chi connectivity index (χ1) is 13.3. The highest BCUT2D eigenvalue weighted by Gasteiger charge is 2.42. The van der Waals surface area contributed by atoms with Gasteiger partial charge in [-0.2, -0.15) is 0 Å². The molecule has 0 radical (unpaired) electrons. The van der Waals surface area contributed by atoms with Crippen LogP contribution in [-0.2, 0) is 4.74 Å². The van der Waals surface area contributed by atoms with Crippen LogP contribution in [0.1, 0.15) is 54.1 Å². The molecule has 1 saturated carbocycles. The van der Waals surface area contributed by atoms with Gasteiger partial charge in [-0.25, -0.2) is 8.78 Å². The number of nitrogens with zero attached hydrogens (tertiary/aromatic N) is 1. The summed E-state index contributed by atoms with van der Waals surface area (Å²) in [6.07, 6.45) is 1.92. The summed E-state index contributed by atoms with van der Waals surface area (Å²) in [5.74, 6) is -2.93. The van der Waals surface area contributed by atoms with Crippen molar-refractivity contribution in [3.63, 3.8) is 0 Å². The Labute approximate surface area is 166 Å². The lowest BCUT2D eigenvalue weighted by Crippen LogP contribution is -2.47. The summed E-state index contributed by atoms with van der Waals surface area (Å²) in [6, 6.07) is 5.36. The fraction of sp³-hybridized carbons (Fsp3) is 0.550. The van der Waals surface area contributed by atoms with Crippen molar-refractivity contribution in [3.8, 4) is 0 Å². The summed E-state index contributed by atoms with van der Waals surface area (Å²) in [7, 11) is 0. The molecule has 2 N–H and O–H groups in total. The molecule has 2 aromatic rings. The number of halogens is 3. The summed E-state index contributed by atoms with van der Waals surface area (Å²) < 4.78 is 34.1. The molecule has 4 rings (SSSR count). The van der Waals surface area contributed by atoms with E-state index in [-0.39, 0.29) is 44.1 Å². The van der Waals surface area contributed by atoms with Gasteiger partial charge in [0.15, 0.2) is 0 Å². The molecule has 0 bridgehead atoms. The molecule has 0 aromatic carbocycles. The molecule has 2 fully saturated rings. The number of carbonyl (C=O) groups is 1. The number of rotatable bonds is 4. The minimum absolute atomic E-state index is 0.0395. The molecular formula is C20H23ClF2N2O3. The van der Waals surface area contributed by atoms with E-state index in [0.717, 1.165) is 12.1 Å². The standard InChI is InChI=1S/C20H23ClF2N2O3/c21-15-2-1-8-25-16(13-3-9-28-11-13)10-14(17(15)25)18(26)24-12-19(27)4-6-20(22,23)7-5-19/h1-2,8,10,13,27H,3-7,9,11-12H2,(H,24,26). The van der Waals surface area contributed by atoms with E-state index in [9.17, 15) is 18.7 Å². The minimum Gasteiger partial charge on any atom is -0.388 e. The quantitative estimate of drug-likeness (QED) is 0.803. The lowest BCUT2D eigenvalue weighted by Gasteiger charge is -2.35. The second-order valence-corrected chi connectivity index (χ2v) is 8.29. The van der Waals surface area contributed by atoms with Crippen LogP contribution in [0.3, 0.4) is 0 Å². The van der Waals surface area contributed by atoms with Crippen LogP contribution in [0.25, 0.3) is 5.52 Å². The van der Waals surface area contributed by atoms with E-state index >= 15 is 0 Å². The summed E-state index contributed by atoms with van der Waals surface area (Å²) in [4.78, 5) is 12.9. The molecule has 1 saturated heterocycles. The maximum Gasteiger partial charge on any atom is 0.253 e. The topological polar surface area (TPSA) is 63.0 Å². The second kappa shape index (κ2) is 7.28. The van der Waals surface area contributed by atoms with Gasteiger partial charge in [-0.3, -0.25) is 4.79 Å². The third-order valence-electron chi connectivity index (χ3n) is 5.85. The number of aliphatic hydroxyl groups is 1. The van der Waals surface area contributed by atoms with Gasteiger partial charge in [-0.15, -0.1) is 0 Å². The number of carbonyl (C=O) groups excluding carboxylic acids is 1. The first-order valence-electron chi connectivity index (χ1n) is 9.54. The van der Waals surface area contributed by atoms with Crippen molar-refractivity contribution in [1.82, 2.24) is 9.72 Å². The van der Waals surface area contributed by atoms with Crippen LogP contribution < -0.4 is 5.32 Å². The van der Waals surface area contributed by atoms with Gasteiger partial charge in [0.2, 0.25) is 5.92 Å². The molecule has 5 nitrogen and oxygen atoms in total. The van der Waals surface area contributed by atoms with E-state index in [0.29, 0.717) is 29.3 Å². The molecule has 3 heterocycles. The van der Waals surface area contributed by atoms with Crippen LogP contribution in [-0.4, -0.2) is 46.7 Å². The van der Waals surface area contributed by atoms with Gasteiger partial charge in [0.25, 0.3) is 5.91 Å². The summed E-state index contributed by atoms with van der Waals surface area (Å²) in [5, 5.41) is 13.7. The maximum atomic E-state index is 13.4. The number of aromatic nitrogens is 1. The summed E-state index contributed by atoms with van der Waals surface area (Å²) >= 11 is 6.37. The Morgan fingerprint density at radius 2 is 2.11 bits per heavy atom. The van der Waals surface area contributed by atoms with Gasteiger partial charge < -0.3 is 19.6 Å². The molecule has 1 aliphatic heterocycles. The van der Waals surface area contributed by atoms with Crippen molar-refractivity contribution in [2.45, 2.75) is 49.5 Å². The zero-order chi connectivity index (χ0) is 19.9. The Hall–Kier alpha value is -1.70. The van der Waals surface area contributed by atoms with E-state index in [1.807, 2.05) is 22.7 Å². The van der Waals surface area contributed by atoms with E-state index in [1.165, 1.54) is 0 Å². The number of pyridine rings is 1. The van der Waals surface area contributed by atoms with E-state index in [2.05, 4.69) is 5.32 Å². The van der Waals surface area contributed by atoms with Crippen molar-refractivity contribution in [1.29, 1.82) is 0 Å². The van der Waals surface area contributed by atoms with E-state index < -0.39 is 11.5 Å². The Kier molecular flexibility index (Phi) is 5.10. The van der Waals surface area contributed by atoms with Gasteiger partial charge in [-0.05, 0) is 37.5 Å². The zero-order valence-electron chi connectivity index (χ0n) is 15.4. The highest BCUT2D eigenvalue weighted by Crippen LogP contribution is 2.38. The number of hydrogen-bond acceptors (Lipinski definition) is 3. The van der Waals surface area contributed by atoms with Crippen LogP contribution in [0.2, 0.25) is 5.02 Å². The lowest BCUT2D eigenvalue weighted by atomic mass is 9.82. The monoisotopic (exact) mass is 412 g/mol. The second-order valence-electron chi connectivity index (χ2n) is 7.88. The number of hydrogen-bond donors (Lipinski definition) is 2. The molecule has 1 amide bonds. The summed E-state index contributed by atoms with van der Waals surface area (Å²) in [5.41, 5.74) is 0.665. The number of amides is 1. The maximum absolute atomic E-state index is 13.4. The SMILES string of the molecule is O=C(NCC1(O)CCC(F)(F)CC1)c1cc(C2CCOC2)n2cccc(Cl)c12. The third kappa shape index (κ3) is 3.75. The van der Waals surface area contributed by atoms with Crippen LogP contribution in [0.5, 0.6) is 0 Å². The first-order valence-corrected chi connectivity index (χ1v) is 9.91. The fourth-order valence-electron chi connectivity index (χ4n) is 4.09. The smallest absolute Gasteiger partial charge is 0.253 e. The van der Waals surface area contributed by atoms with Gasteiger partial charge in [-0.1, -0.05) is 11.6 Å². The molecule has 2 aliphatic rings. The molecule has 2 aromatic heterocycles. The average Bonchev–Trinajstić information content (AvgIpc) is 3.31. The average molecular weight is 413 g/mol. The van der Waals surface area contributed by atoms with Crippen molar-refractivity contribution in [3.05, 3.63) is 40.7 Å². The zero-order valence-corrected chi connectivity index (χ0v) is 16.1. The molecular weight excluding hydrogens is 390 g/mol. The number of alkyl halides is 2.